The molecule has 0 spiro atoms. The second-order valence-electron chi connectivity index (χ2n) is 26.4. The van der Waals surface area contributed by atoms with E-state index in [0.29, 0.717) is 118 Å². The molecular weight excluding hydrogens is 977 g/mol. The minimum absolute atomic E-state index is 0.0161. The lowest BCUT2D eigenvalue weighted by Crippen LogP contribution is -2.52. The maximum atomic E-state index is 14.1. The van der Waals surface area contributed by atoms with E-state index in [1.165, 1.54) is 6.42 Å². The second-order valence-corrected chi connectivity index (χ2v) is 26.4. The van der Waals surface area contributed by atoms with Gasteiger partial charge in [-0.2, -0.15) is 0 Å². The van der Waals surface area contributed by atoms with Gasteiger partial charge in [0.25, 0.3) is 0 Å². The number of carbonyl (C=O) groups is 5. The summed E-state index contributed by atoms with van der Waals surface area (Å²) in [4.78, 5) is 77.1. The summed E-state index contributed by atoms with van der Waals surface area (Å²) in [6.07, 6.45) is 6.03. The molecule has 1 fully saturated rings. The number of Topliss-reactive ketones (excluding diaryl/α,β-unsaturated/α-hetero) is 1. The van der Waals surface area contributed by atoms with E-state index in [2.05, 4.69) is 83.3 Å². The number of ketones is 1. The molecule has 0 aromatic rings. The smallest absolute Gasteiger partial charge is 0.323 e. The number of hydrogen-bond donors (Lipinski definition) is 3. The Labute approximate surface area is 472 Å². The molecule has 17 heteroatoms. The first-order chi connectivity index (χ1) is 35.2. The van der Waals surface area contributed by atoms with E-state index in [9.17, 15) is 24.0 Å². The minimum atomic E-state index is -0.744. The lowest BCUT2D eigenvalue weighted by atomic mass is 9.90. The topological polar surface area (TPSA) is 175 Å². The van der Waals surface area contributed by atoms with Crippen LogP contribution < -0.4 is 16.0 Å². The third-order valence-electron chi connectivity index (χ3n) is 11.1. The van der Waals surface area contributed by atoms with Gasteiger partial charge in [-0.05, 0) is 107 Å². The predicted octanol–water partition coefficient (Wildman–Crippen LogP) is 8.21. The van der Waals surface area contributed by atoms with E-state index < -0.39 is 23.2 Å². The summed E-state index contributed by atoms with van der Waals surface area (Å²) in [6, 6.07) is -0.721. The zero-order chi connectivity index (χ0) is 60.3. The highest BCUT2D eigenvalue weighted by Gasteiger charge is 2.33. The van der Waals surface area contributed by atoms with Gasteiger partial charge in [-0.15, -0.1) is 6.58 Å². The third-order valence-corrected chi connectivity index (χ3v) is 11.1. The van der Waals surface area contributed by atoms with Crippen LogP contribution in [0.4, 0.5) is 0 Å². The number of nitrogens with one attached hydrogen (secondary N) is 3. The van der Waals surface area contributed by atoms with E-state index in [-0.39, 0.29) is 65.0 Å². The molecule has 3 N–H and O–H groups in total. The number of esters is 2. The summed E-state index contributed by atoms with van der Waals surface area (Å²) in [6.45, 7) is 56.4. The standard InChI is InChI=1S/C47H88N8O7.2C5H12O.C3H8/c1-15-22-51-26-27-53(36-38(56)34-44(3,4)5)28-29-54(37-42(59)61-46(9,10)11)31-33-55(32-30-51)39(43(60)62-47(12,13)14)17-18-40(57)49-20-24-52(23-19-48-16-2)25-21-50-41(58)35-45(6,7)8;2*1-5(2,3)6-4;1-3-2/h15-16,39,48H,1-2,17-37H2,3-14H3,(H,49,57)(H,50,58);2*1-4H3;3H2,1-2H3. The lowest BCUT2D eigenvalue weighted by Gasteiger charge is -2.37. The fraction of sp³-hybridized carbons (Fsp3) is 0.850. The zero-order valence-electron chi connectivity index (χ0n) is 53.6. The van der Waals surface area contributed by atoms with Gasteiger partial charge in [0.15, 0.2) is 0 Å². The molecule has 1 unspecified atom stereocenters. The van der Waals surface area contributed by atoms with E-state index in [4.69, 9.17) is 18.9 Å². The van der Waals surface area contributed by atoms with Crippen LogP contribution in [-0.4, -0.2) is 208 Å². The molecule has 77 heavy (non-hydrogen) atoms. The van der Waals surface area contributed by atoms with Crippen LogP contribution in [0, 0.1) is 10.8 Å². The molecule has 1 rings (SSSR count). The highest BCUT2D eigenvalue weighted by molar-refractivity contribution is 5.81. The summed E-state index contributed by atoms with van der Waals surface area (Å²) >= 11 is 0. The van der Waals surface area contributed by atoms with Gasteiger partial charge in [-0.25, -0.2) is 0 Å². The molecule has 454 valence electrons. The molecule has 2 amide bonds. The second kappa shape index (κ2) is 39.8. The van der Waals surface area contributed by atoms with Crippen molar-refractivity contribution < 1.29 is 42.9 Å². The summed E-state index contributed by atoms with van der Waals surface area (Å²) < 4.78 is 21.6. The average Bonchev–Trinajstić information content (AvgIpc) is 3.24. The Morgan fingerprint density at radius 2 is 0.961 bits per heavy atom. The molecule has 1 heterocycles. The average molecular weight is 1100 g/mol. The molecule has 1 atom stereocenters. The van der Waals surface area contributed by atoms with Crippen molar-refractivity contribution in [3.05, 3.63) is 25.4 Å². The van der Waals surface area contributed by atoms with Crippen LogP contribution in [0.25, 0.3) is 0 Å². The number of hydrogen-bond acceptors (Lipinski definition) is 15. The van der Waals surface area contributed by atoms with Crippen molar-refractivity contribution in [1.29, 1.82) is 0 Å². The minimum Gasteiger partial charge on any atom is -0.459 e. The van der Waals surface area contributed by atoms with Gasteiger partial charge >= 0.3 is 11.9 Å². The number of ether oxygens (including phenoxy) is 4. The van der Waals surface area contributed by atoms with Crippen LogP contribution in [0.5, 0.6) is 0 Å². The highest BCUT2D eigenvalue weighted by Crippen LogP contribution is 2.20. The summed E-state index contributed by atoms with van der Waals surface area (Å²) in [5.74, 6) is -0.711. The van der Waals surface area contributed by atoms with Gasteiger partial charge in [0, 0.05) is 132 Å². The molecule has 0 radical (unpaired) electrons. The van der Waals surface area contributed by atoms with Gasteiger partial charge in [0.2, 0.25) is 11.8 Å². The Hall–Kier alpha value is -3.45. The Kier molecular flexibility index (Phi) is 40.2. The van der Waals surface area contributed by atoms with Crippen LogP contribution >= 0.6 is 0 Å². The molecule has 0 aromatic heterocycles. The van der Waals surface area contributed by atoms with Crippen molar-refractivity contribution in [1.82, 2.24) is 40.4 Å². The van der Waals surface area contributed by atoms with Gasteiger partial charge in [-0.1, -0.05) is 74.5 Å². The number of methoxy groups -OCH3 is 2. The molecule has 1 saturated heterocycles. The Bertz CT molecular complexity index is 1620. The molecule has 0 aromatic carbocycles. The molecule has 0 saturated carbocycles. The molecular formula is C60H120N8O9. The monoisotopic (exact) mass is 1100 g/mol. The molecule has 17 nitrogen and oxygen atoms in total. The molecule has 0 aliphatic carbocycles. The van der Waals surface area contributed by atoms with Crippen LogP contribution in [-0.2, 0) is 42.9 Å². The van der Waals surface area contributed by atoms with Crippen LogP contribution in [0.1, 0.15) is 171 Å². The van der Waals surface area contributed by atoms with Crippen molar-refractivity contribution in [2.75, 3.05) is 125 Å². The van der Waals surface area contributed by atoms with Gasteiger partial charge in [-0.3, -0.25) is 48.5 Å². The van der Waals surface area contributed by atoms with E-state index in [0.717, 1.165) is 0 Å². The maximum Gasteiger partial charge on any atom is 0.323 e. The maximum absolute atomic E-state index is 14.1. The summed E-state index contributed by atoms with van der Waals surface area (Å²) in [7, 11) is 3.42. The third kappa shape index (κ3) is 51.7. The summed E-state index contributed by atoms with van der Waals surface area (Å²) in [5.41, 5.74) is -1.53. The first-order valence-electron chi connectivity index (χ1n) is 28.4. The molecule has 1 aliphatic heterocycles. The fourth-order valence-corrected chi connectivity index (χ4v) is 7.09. The summed E-state index contributed by atoms with van der Waals surface area (Å²) in [5, 5.41) is 9.18. The fourth-order valence-electron chi connectivity index (χ4n) is 7.09. The first kappa shape index (κ1) is 77.8. The van der Waals surface area contributed by atoms with Crippen molar-refractivity contribution in [3.63, 3.8) is 0 Å². The van der Waals surface area contributed by atoms with Crippen LogP contribution in [0.15, 0.2) is 25.4 Å². The van der Waals surface area contributed by atoms with Crippen LogP contribution in [0.3, 0.4) is 0 Å². The molecule has 0 bridgehead atoms. The number of nitrogens with zero attached hydrogens (tertiary/aromatic N) is 5. The van der Waals surface area contributed by atoms with Gasteiger partial charge < -0.3 is 34.9 Å². The van der Waals surface area contributed by atoms with E-state index in [1.54, 1.807) is 20.4 Å². The predicted molar refractivity (Wildman–Crippen MR) is 319 cm³/mol. The molecule has 1 aliphatic rings. The highest BCUT2D eigenvalue weighted by atomic mass is 16.6. The van der Waals surface area contributed by atoms with Crippen molar-refractivity contribution >= 4 is 29.5 Å². The quantitative estimate of drug-likeness (QED) is 0.0507. The Morgan fingerprint density at radius 1 is 0.558 bits per heavy atom. The lowest BCUT2D eigenvalue weighted by molar-refractivity contribution is -0.163. The largest absolute Gasteiger partial charge is 0.459 e. The van der Waals surface area contributed by atoms with E-state index >= 15 is 0 Å². The Balaban J connectivity index is -0.00000318. The Morgan fingerprint density at radius 3 is 1.38 bits per heavy atom. The van der Waals surface area contributed by atoms with Gasteiger partial charge in [0.1, 0.15) is 23.0 Å². The first-order valence-corrected chi connectivity index (χ1v) is 28.4. The van der Waals surface area contributed by atoms with Crippen molar-refractivity contribution in [2.45, 2.75) is 199 Å². The number of amides is 2. The van der Waals surface area contributed by atoms with Crippen LogP contribution in [0.2, 0.25) is 0 Å². The zero-order valence-corrected chi connectivity index (χ0v) is 53.6. The normalized spacial score (nSPS) is 15.5. The van der Waals surface area contributed by atoms with E-state index in [1.807, 2.05) is 115 Å². The number of carbonyl (C=O) groups excluding carboxylic acids is 5. The SMILES string of the molecule is C=CCN1CCN(CC(=O)CC(C)(C)C)CCN(CC(=O)OC(C)(C)C)CCN(C(CCC(=O)NCCN(CCNC=C)CCNC(=O)CC(C)(C)C)C(=O)OC(C)(C)C)CC1.CCC.COC(C)(C)C.COC(C)(C)C. The van der Waals surface area contributed by atoms with Crippen molar-refractivity contribution in [3.8, 4) is 0 Å². The van der Waals surface area contributed by atoms with Gasteiger partial charge in [0.05, 0.1) is 24.3 Å². The van der Waals surface area contributed by atoms with Crippen molar-refractivity contribution in [2.24, 2.45) is 10.8 Å². The number of rotatable bonds is 23.